The number of amides is 1. The predicted molar refractivity (Wildman–Crippen MR) is 54.4 cm³/mol. The van der Waals surface area contributed by atoms with Crippen molar-refractivity contribution in [3.05, 3.63) is 0 Å². The molecule has 1 amide bonds. The third-order valence-corrected chi connectivity index (χ3v) is 1.51. The first-order chi connectivity index (χ1) is 7.54. The minimum Gasteiger partial charge on any atom is -0.480 e. The van der Waals surface area contributed by atoms with Gasteiger partial charge in [-0.2, -0.15) is 0 Å². The number of carboxylic acids is 2. The second-order valence-electron chi connectivity index (χ2n) is 4.25. The van der Waals surface area contributed by atoms with E-state index in [-0.39, 0.29) is 0 Å². The second kappa shape index (κ2) is 5.48. The van der Waals surface area contributed by atoms with Gasteiger partial charge < -0.3 is 25.4 Å². The van der Waals surface area contributed by atoms with Crippen molar-refractivity contribution in [2.24, 2.45) is 0 Å². The number of hydrogen-bond acceptors (Lipinski definition) is 5. The number of aliphatic hydroxyl groups is 1. The van der Waals surface area contributed by atoms with Crippen LogP contribution in [0.25, 0.3) is 0 Å². The van der Waals surface area contributed by atoms with Crippen LogP contribution in [0.4, 0.5) is 4.79 Å². The number of alkyl carbamates (subject to hydrolysis) is 1. The molecule has 0 bridgehead atoms. The molecule has 0 fully saturated rings. The Kier molecular flexibility index (Phi) is 4.89. The molecule has 0 saturated carbocycles. The van der Waals surface area contributed by atoms with Crippen LogP contribution >= 0.6 is 0 Å². The average Bonchev–Trinajstić information content (AvgIpc) is 2.09. The average molecular weight is 249 g/mol. The number of carbonyl (C=O) groups is 3. The summed E-state index contributed by atoms with van der Waals surface area (Å²) in [6.07, 6.45) is -3.37. The third kappa shape index (κ3) is 5.71. The van der Waals surface area contributed by atoms with Gasteiger partial charge in [-0.05, 0) is 20.8 Å². The molecule has 0 saturated heterocycles. The Balaban J connectivity index is 4.62. The lowest BCUT2D eigenvalue weighted by molar-refractivity contribution is -0.156. The Hall–Kier alpha value is -1.83. The van der Waals surface area contributed by atoms with Gasteiger partial charge in [0.25, 0.3) is 0 Å². The van der Waals surface area contributed by atoms with Crippen LogP contribution in [0, 0.1) is 0 Å². The fourth-order valence-electron chi connectivity index (χ4n) is 0.853. The highest BCUT2D eigenvalue weighted by atomic mass is 16.6. The number of carboxylic acid groups (broad SMARTS) is 2. The van der Waals surface area contributed by atoms with E-state index in [0.717, 1.165) is 0 Å². The number of aliphatic hydroxyl groups excluding tert-OH is 1. The molecule has 98 valence electrons. The molecule has 0 rings (SSSR count). The van der Waals surface area contributed by atoms with Gasteiger partial charge in [0, 0.05) is 0 Å². The maximum absolute atomic E-state index is 11.2. The van der Waals surface area contributed by atoms with Gasteiger partial charge in [0.2, 0.25) is 0 Å². The zero-order valence-electron chi connectivity index (χ0n) is 9.63. The number of nitrogens with one attached hydrogen (secondary N) is 1. The largest absolute Gasteiger partial charge is 0.480 e. The normalized spacial score (nSPS) is 14.6. The molecule has 2 atom stereocenters. The molecule has 0 aliphatic rings. The molecule has 8 nitrogen and oxygen atoms in total. The Labute approximate surface area is 97.2 Å². The fourth-order valence-corrected chi connectivity index (χ4v) is 0.853. The van der Waals surface area contributed by atoms with Crippen LogP contribution in [0.3, 0.4) is 0 Å². The SMILES string of the molecule is CC(C)(C)OC(=O)N[C@H](C(=O)O)C(O)C(=O)O. The van der Waals surface area contributed by atoms with Crippen LogP contribution in [0.1, 0.15) is 20.8 Å². The van der Waals surface area contributed by atoms with Gasteiger partial charge in [-0.1, -0.05) is 0 Å². The standard InChI is InChI=1S/C9H15NO7/c1-9(2,3)17-8(16)10-4(6(12)13)5(11)7(14)15/h4-5,11H,1-3H3,(H,10,16)(H,12,13)(H,14,15)/t4-,5?/m0/s1. The van der Waals surface area contributed by atoms with Gasteiger partial charge in [-0.3, -0.25) is 0 Å². The topological polar surface area (TPSA) is 133 Å². The molecule has 0 aromatic carbocycles. The van der Waals surface area contributed by atoms with Crippen LogP contribution in [0.2, 0.25) is 0 Å². The van der Waals surface area contributed by atoms with E-state index in [0.29, 0.717) is 0 Å². The van der Waals surface area contributed by atoms with Crippen molar-refractivity contribution < 1.29 is 34.4 Å². The highest BCUT2D eigenvalue weighted by Crippen LogP contribution is 2.07. The van der Waals surface area contributed by atoms with E-state index in [4.69, 9.17) is 20.1 Å². The van der Waals surface area contributed by atoms with Gasteiger partial charge in [0.1, 0.15) is 5.60 Å². The van der Waals surface area contributed by atoms with Crippen LogP contribution in [-0.4, -0.2) is 51.1 Å². The summed E-state index contributed by atoms with van der Waals surface area (Å²) in [5, 5.41) is 27.9. The lowest BCUT2D eigenvalue weighted by Gasteiger charge is -2.22. The first-order valence-corrected chi connectivity index (χ1v) is 4.68. The molecular weight excluding hydrogens is 234 g/mol. The monoisotopic (exact) mass is 249 g/mol. The molecule has 8 heteroatoms. The number of rotatable bonds is 4. The number of hydrogen-bond donors (Lipinski definition) is 4. The van der Waals surface area contributed by atoms with Crippen molar-refractivity contribution in [2.45, 2.75) is 38.5 Å². The summed E-state index contributed by atoms with van der Waals surface area (Å²) in [6.45, 7) is 4.65. The van der Waals surface area contributed by atoms with Crippen LogP contribution in [0.15, 0.2) is 0 Å². The Morgan fingerprint density at radius 3 is 1.88 bits per heavy atom. The molecule has 0 aromatic heterocycles. The number of aliphatic carboxylic acids is 2. The van der Waals surface area contributed by atoms with E-state index in [1.165, 1.54) is 0 Å². The molecule has 17 heavy (non-hydrogen) atoms. The molecule has 0 aromatic rings. The third-order valence-electron chi connectivity index (χ3n) is 1.51. The van der Waals surface area contributed by atoms with Crippen molar-refractivity contribution in [3.8, 4) is 0 Å². The minimum absolute atomic E-state index is 0.860. The van der Waals surface area contributed by atoms with E-state index in [1.807, 2.05) is 0 Å². The van der Waals surface area contributed by atoms with Crippen molar-refractivity contribution >= 4 is 18.0 Å². The minimum atomic E-state index is -2.25. The molecule has 0 spiro atoms. The van der Waals surface area contributed by atoms with Crippen molar-refractivity contribution in [2.75, 3.05) is 0 Å². The van der Waals surface area contributed by atoms with Crippen LogP contribution < -0.4 is 5.32 Å². The Morgan fingerprint density at radius 2 is 1.59 bits per heavy atom. The lowest BCUT2D eigenvalue weighted by atomic mass is 10.1. The van der Waals surface area contributed by atoms with Gasteiger partial charge in [-0.25, -0.2) is 14.4 Å². The van der Waals surface area contributed by atoms with E-state index >= 15 is 0 Å². The van der Waals surface area contributed by atoms with E-state index in [9.17, 15) is 14.4 Å². The summed E-state index contributed by atoms with van der Waals surface area (Å²) in [6, 6.07) is -1.97. The zero-order valence-corrected chi connectivity index (χ0v) is 9.63. The maximum Gasteiger partial charge on any atom is 0.408 e. The smallest absolute Gasteiger partial charge is 0.408 e. The fraction of sp³-hybridized carbons (Fsp3) is 0.667. The van der Waals surface area contributed by atoms with E-state index in [2.05, 4.69) is 0 Å². The maximum atomic E-state index is 11.2. The van der Waals surface area contributed by atoms with Gasteiger partial charge in [-0.15, -0.1) is 0 Å². The van der Waals surface area contributed by atoms with Crippen molar-refractivity contribution in [1.82, 2.24) is 5.32 Å². The molecule has 4 N–H and O–H groups in total. The summed E-state index contributed by atoms with van der Waals surface area (Å²) >= 11 is 0. The number of ether oxygens (including phenoxy) is 1. The van der Waals surface area contributed by atoms with Gasteiger partial charge >= 0.3 is 18.0 Å². The highest BCUT2D eigenvalue weighted by Gasteiger charge is 2.34. The molecular formula is C9H15NO7. The summed E-state index contributed by atoms with van der Waals surface area (Å²) in [5.74, 6) is -3.43. The molecule has 0 heterocycles. The first-order valence-electron chi connectivity index (χ1n) is 4.68. The Bertz CT molecular complexity index is 320. The second-order valence-corrected chi connectivity index (χ2v) is 4.25. The van der Waals surface area contributed by atoms with E-state index in [1.54, 1.807) is 26.1 Å². The van der Waals surface area contributed by atoms with E-state index < -0.39 is 35.8 Å². The van der Waals surface area contributed by atoms with Crippen LogP contribution in [-0.2, 0) is 14.3 Å². The van der Waals surface area contributed by atoms with Gasteiger partial charge in [0.15, 0.2) is 12.1 Å². The van der Waals surface area contributed by atoms with Crippen molar-refractivity contribution in [1.29, 1.82) is 0 Å². The summed E-state index contributed by atoms with van der Waals surface area (Å²) < 4.78 is 4.73. The Morgan fingerprint density at radius 1 is 1.12 bits per heavy atom. The molecule has 1 unspecified atom stereocenters. The van der Waals surface area contributed by atoms with Crippen LogP contribution in [0.5, 0.6) is 0 Å². The predicted octanol–water partition coefficient (Wildman–Crippen LogP) is -0.590. The molecule has 0 aliphatic carbocycles. The van der Waals surface area contributed by atoms with Gasteiger partial charge in [0.05, 0.1) is 0 Å². The molecule has 0 aliphatic heterocycles. The van der Waals surface area contributed by atoms with Crippen molar-refractivity contribution in [3.63, 3.8) is 0 Å². The summed E-state index contributed by atoms with van der Waals surface area (Å²) in [7, 11) is 0. The zero-order chi connectivity index (χ0) is 13.8. The summed E-state index contributed by atoms with van der Waals surface area (Å²) in [5.41, 5.74) is -0.860. The quantitative estimate of drug-likeness (QED) is 0.523. The highest BCUT2D eigenvalue weighted by molar-refractivity contribution is 5.87. The number of carbonyl (C=O) groups excluding carboxylic acids is 1. The first kappa shape index (κ1) is 15.2. The molecule has 0 radical (unpaired) electrons. The lowest BCUT2D eigenvalue weighted by Crippen LogP contribution is -2.52. The summed E-state index contributed by atoms with van der Waals surface area (Å²) in [4.78, 5) is 32.3.